The predicted octanol–water partition coefficient (Wildman–Crippen LogP) is 5.33. The van der Waals surface area contributed by atoms with E-state index in [9.17, 15) is 22.4 Å². The van der Waals surface area contributed by atoms with Gasteiger partial charge < -0.3 is 14.8 Å². The second-order valence-corrected chi connectivity index (χ2v) is 10.7. The molecule has 1 unspecified atom stereocenters. The number of nitrogens with one attached hydrogen (secondary N) is 1. The lowest BCUT2D eigenvalue weighted by Crippen LogP contribution is -2.44. The van der Waals surface area contributed by atoms with Gasteiger partial charge in [0.1, 0.15) is 18.3 Å². The van der Waals surface area contributed by atoms with Crippen LogP contribution in [0.4, 0.5) is 17.6 Å². The molecule has 1 N–H and O–H groups in total. The summed E-state index contributed by atoms with van der Waals surface area (Å²) in [6.45, 7) is 5.87. The van der Waals surface area contributed by atoms with Crippen LogP contribution in [-0.4, -0.2) is 46.1 Å². The highest BCUT2D eigenvalue weighted by Crippen LogP contribution is 2.30. The van der Waals surface area contributed by atoms with Crippen molar-refractivity contribution >= 4 is 27.3 Å². The molecule has 40 heavy (non-hydrogen) atoms. The summed E-state index contributed by atoms with van der Waals surface area (Å²) in [4.78, 5) is 17.4. The van der Waals surface area contributed by atoms with Crippen LogP contribution < -0.4 is 10.1 Å². The van der Waals surface area contributed by atoms with Crippen LogP contribution >= 0.6 is 11.3 Å². The van der Waals surface area contributed by atoms with E-state index >= 15 is 0 Å². The number of fused-ring (bicyclic) bond motifs is 1. The van der Waals surface area contributed by atoms with Crippen molar-refractivity contribution in [2.75, 3.05) is 20.3 Å². The van der Waals surface area contributed by atoms with E-state index in [0.717, 1.165) is 15.8 Å². The number of ketones is 1. The number of ether oxygens (including phenoxy) is 2. The van der Waals surface area contributed by atoms with Gasteiger partial charge in [-0.2, -0.15) is 8.78 Å². The average molecular weight is 580 g/mol. The molecule has 4 aromatic rings. The first-order chi connectivity index (χ1) is 19.0. The molecule has 0 amide bonds. The minimum absolute atomic E-state index is 0.0646. The summed E-state index contributed by atoms with van der Waals surface area (Å²) in [6, 6.07) is 5.14. The summed E-state index contributed by atoms with van der Waals surface area (Å²) < 4.78 is 67.5. The molecule has 0 radical (unpaired) electrons. The first kappa shape index (κ1) is 29.6. The van der Waals surface area contributed by atoms with E-state index in [0.29, 0.717) is 12.2 Å². The lowest BCUT2D eigenvalue weighted by molar-refractivity contribution is -0.125. The van der Waals surface area contributed by atoms with Gasteiger partial charge in [-0.1, -0.05) is 25.1 Å². The molecule has 214 valence electrons. The molecule has 0 fully saturated rings. The fraction of sp³-hybridized carbons (Fsp3) is 0.407. The van der Waals surface area contributed by atoms with E-state index in [2.05, 4.69) is 26.7 Å². The van der Waals surface area contributed by atoms with E-state index in [-0.39, 0.29) is 25.0 Å². The van der Waals surface area contributed by atoms with E-state index in [1.165, 1.54) is 11.8 Å². The van der Waals surface area contributed by atoms with Gasteiger partial charge >= 0.3 is 0 Å². The molecule has 0 aliphatic rings. The van der Waals surface area contributed by atoms with Crippen molar-refractivity contribution in [2.45, 2.75) is 45.3 Å². The summed E-state index contributed by atoms with van der Waals surface area (Å²) in [7, 11) is 1.45. The summed E-state index contributed by atoms with van der Waals surface area (Å²) in [5.41, 5.74) is 3.73. The van der Waals surface area contributed by atoms with Crippen molar-refractivity contribution in [3.63, 3.8) is 0 Å². The topological polar surface area (TPSA) is 91.2 Å². The molecule has 2 aromatic carbocycles. The molecule has 0 aliphatic heterocycles. The van der Waals surface area contributed by atoms with Crippen LogP contribution in [0.5, 0.6) is 5.75 Å². The number of benzene rings is 2. The predicted molar refractivity (Wildman–Crippen MR) is 141 cm³/mol. The molecule has 0 bridgehead atoms. The molecule has 4 rings (SSSR count). The Morgan fingerprint density at radius 1 is 1.15 bits per heavy atom. The Bertz CT molecular complexity index is 1470. The number of carbonyl (C=O) groups is 1. The second kappa shape index (κ2) is 12.4. The van der Waals surface area contributed by atoms with Gasteiger partial charge in [0.05, 0.1) is 27.5 Å². The third kappa shape index (κ3) is 6.16. The Labute approximate surface area is 232 Å². The maximum Gasteiger partial charge on any atom is 0.203 e. The lowest BCUT2D eigenvalue weighted by atomic mass is 9.85. The molecular weight excluding hydrogens is 550 g/mol. The number of methoxy groups -OCH3 is 1. The van der Waals surface area contributed by atoms with Gasteiger partial charge in [-0.25, -0.2) is 18.4 Å². The Hall–Kier alpha value is -3.42. The molecule has 2 heterocycles. The smallest absolute Gasteiger partial charge is 0.203 e. The van der Waals surface area contributed by atoms with E-state index in [4.69, 9.17) is 9.47 Å². The number of rotatable bonds is 13. The molecule has 0 spiro atoms. The summed E-state index contributed by atoms with van der Waals surface area (Å²) in [6.07, 6.45) is 1.77. The fourth-order valence-corrected chi connectivity index (χ4v) is 4.88. The molecular formula is C27H29F4N5O3S. The number of hydrogen-bond donors (Lipinski definition) is 1. The van der Waals surface area contributed by atoms with Crippen LogP contribution in [0.1, 0.15) is 44.5 Å². The van der Waals surface area contributed by atoms with Crippen LogP contribution in [0.25, 0.3) is 10.2 Å². The zero-order valence-electron chi connectivity index (χ0n) is 22.4. The molecule has 2 aromatic heterocycles. The van der Waals surface area contributed by atoms with Crippen molar-refractivity contribution in [1.29, 1.82) is 0 Å². The maximum absolute atomic E-state index is 14.0. The van der Waals surface area contributed by atoms with E-state index < -0.39 is 53.0 Å². The van der Waals surface area contributed by atoms with Crippen LogP contribution in [0.15, 0.2) is 36.0 Å². The SMILES string of the molecule is COCCC(C(=O)COc1c(F)c(F)cc(F)c1F)n1cc([C@@](C)(NCc2ccc3ncsc3c2)C(C)C)nn1. The van der Waals surface area contributed by atoms with Crippen molar-refractivity contribution in [3.8, 4) is 5.75 Å². The molecule has 8 nitrogen and oxygen atoms in total. The van der Waals surface area contributed by atoms with E-state index in [1.807, 2.05) is 32.9 Å². The van der Waals surface area contributed by atoms with Crippen LogP contribution in [0, 0.1) is 29.2 Å². The first-order valence-corrected chi connectivity index (χ1v) is 13.4. The fourth-order valence-electron chi connectivity index (χ4n) is 4.14. The third-order valence-corrected chi connectivity index (χ3v) is 7.76. The highest BCUT2D eigenvalue weighted by Gasteiger charge is 2.34. The number of hydrogen-bond acceptors (Lipinski definition) is 8. The summed E-state index contributed by atoms with van der Waals surface area (Å²) in [5, 5.41) is 12.1. The Balaban J connectivity index is 1.53. The standard InChI is InChI=1S/C27H29F4N5O3S/c1-15(2)27(3,33-11-16-5-6-19-22(9-16)40-14-32-19)23-12-36(35-34-23)20(7-8-38-4)21(37)13-39-26-24(30)17(28)10-18(29)25(26)31/h5-6,9-10,12,14-15,20,33H,7-8,11,13H2,1-4H3/t20?,27-/m0/s1. The molecule has 13 heteroatoms. The van der Waals surface area contributed by atoms with Crippen molar-refractivity contribution in [1.82, 2.24) is 25.3 Å². The highest BCUT2D eigenvalue weighted by molar-refractivity contribution is 7.16. The van der Waals surface area contributed by atoms with Gasteiger partial charge in [0.25, 0.3) is 0 Å². The van der Waals surface area contributed by atoms with Gasteiger partial charge in [0.15, 0.2) is 23.2 Å². The summed E-state index contributed by atoms with van der Waals surface area (Å²) >= 11 is 1.56. The number of nitrogens with zero attached hydrogens (tertiary/aromatic N) is 4. The van der Waals surface area contributed by atoms with Gasteiger partial charge in [0, 0.05) is 32.7 Å². The largest absolute Gasteiger partial charge is 0.479 e. The first-order valence-electron chi connectivity index (χ1n) is 12.5. The zero-order valence-corrected chi connectivity index (χ0v) is 23.2. The monoisotopic (exact) mass is 579 g/mol. The average Bonchev–Trinajstić information content (AvgIpc) is 3.61. The normalized spacial score (nSPS) is 14.0. The number of aromatic nitrogens is 4. The van der Waals surface area contributed by atoms with Crippen molar-refractivity contribution in [3.05, 3.63) is 70.5 Å². The molecule has 2 atom stereocenters. The Kier molecular flexibility index (Phi) is 9.16. The van der Waals surface area contributed by atoms with Gasteiger partial charge in [-0.05, 0) is 30.5 Å². The third-order valence-electron chi connectivity index (χ3n) is 6.97. The lowest BCUT2D eigenvalue weighted by Gasteiger charge is -2.33. The minimum atomic E-state index is -1.73. The van der Waals surface area contributed by atoms with Crippen molar-refractivity contribution in [2.24, 2.45) is 5.92 Å². The second-order valence-electron chi connectivity index (χ2n) is 9.80. The van der Waals surface area contributed by atoms with Crippen LogP contribution in [0.2, 0.25) is 0 Å². The summed E-state index contributed by atoms with van der Waals surface area (Å²) in [5.74, 6) is -8.60. The minimum Gasteiger partial charge on any atom is -0.479 e. The number of thiazole rings is 1. The van der Waals surface area contributed by atoms with Gasteiger partial charge in [-0.15, -0.1) is 16.4 Å². The maximum atomic E-state index is 14.0. The zero-order chi connectivity index (χ0) is 29.0. The molecule has 0 saturated carbocycles. The quantitative estimate of drug-likeness (QED) is 0.169. The van der Waals surface area contributed by atoms with Gasteiger partial charge in [-0.3, -0.25) is 4.79 Å². The van der Waals surface area contributed by atoms with Crippen molar-refractivity contribution < 1.29 is 31.8 Å². The van der Waals surface area contributed by atoms with E-state index in [1.54, 1.807) is 23.0 Å². The number of halogens is 4. The molecule has 0 saturated heterocycles. The Morgan fingerprint density at radius 3 is 2.55 bits per heavy atom. The Morgan fingerprint density at radius 2 is 1.88 bits per heavy atom. The van der Waals surface area contributed by atoms with Crippen LogP contribution in [0.3, 0.4) is 0 Å². The number of carbonyl (C=O) groups excluding carboxylic acids is 1. The molecule has 0 aliphatic carbocycles. The van der Waals surface area contributed by atoms with Crippen LogP contribution in [-0.2, 0) is 21.6 Å². The number of Topliss-reactive ketones (excluding diaryl/α,β-unsaturated/α-hetero) is 1. The van der Waals surface area contributed by atoms with Gasteiger partial charge in [0.2, 0.25) is 11.6 Å². The highest BCUT2D eigenvalue weighted by atomic mass is 32.1.